The monoisotopic (exact) mass is 129 g/mol. The highest BCUT2D eigenvalue weighted by Gasteiger charge is 2.43. The van der Waals surface area contributed by atoms with Crippen molar-refractivity contribution >= 4 is 0 Å². The van der Waals surface area contributed by atoms with Gasteiger partial charge in [-0.2, -0.15) is 0 Å². The molecule has 0 unspecified atom stereocenters. The van der Waals surface area contributed by atoms with Gasteiger partial charge in [-0.1, -0.05) is 6.58 Å². The Morgan fingerprint density at radius 2 is 2.22 bits per heavy atom. The molecule has 0 aromatic carbocycles. The quantitative estimate of drug-likeness (QED) is 0.532. The van der Waals surface area contributed by atoms with Gasteiger partial charge in [-0.25, -0.2) is 4.39 Å². The average molecular weight is 129 g/mol. The van der Waals surface area contributed by atoms with Crippen molar-refractivity contribution < 1.29 is 4.39 Å². The molecule has 0 aliphatic heterocycles. The minimum atomic E-state index is -1.13. The van der Waals surface area contributed by atoms with Crippen LogP contribution in [-0.4, -0.2) is 11.7 Å². The normalized spacial score (nSPS) is 41.9. The highest BCUT2D eigenvalue weighted by atomic mass is 19.1. The highest BCUT2D eigenvalue weighted by molar-refractivity contribution is 5.17. The van der Waals surface area contributed by atoms with Crippen LogP contribution < -0.4 is 5.73 Å². The first-order valence-electron chi connectivity index (χ1n) is 3.15. The van der Waals surface area contributed by atoms with Gasteiger partial charge in [0.05, 0.1) is 0 Å². The minimum Gasteiger partial charge on any atom is -0.327 e. The standard InChI is InChI=1S/C7H12FN/c1-5(2)7(8)3-6(9)4-7/h6H,1,3-4,9H2,2H3. The topological polar surface area (TPSA) is 26.0 Å². The number of alkyl halides is 1. The predicted molar refractivity (Wildman–Crippen MR) is 35.9 cm³/mol. The molecule has 1 aliphatic rings. The molecule has 2 heteroatoms. The number of hydrogen-bond donors (Lipinski definition) is 1. The molecule has 1 fully saturated rings. The van der Waals surface area contributed by atoms with Crippen LogP contribution in [-0.2, 0) is 0 Å². The van der Waals surface area contributed by atoms with Gasteiger partial charge in [0.15, 0.2) is 0 Å². The van der Waals surface area contributed by atoms with E-state index in [4.69, 9.17) is 5.73 Å². The SMILES string of the molecule is C=C(C)C1(F)CC(N)C1. The summed E-state index contributed by atoms with van der Waals surface area (Å²) in [6, 6.07) is 0.0618. The fraction of sp³-hybridized carbons (Fsp3) is 0.714. The van der Waals surface area contributed by atoms with Crippen LogP contribution in [0, 0.1) is 0 Å². The maximum absolute atomic E-state index is 13.1. The Kier molecular flexibility index (Phi) is 1.35. The van der Waals surface area contributed by atoms with Gasteiger partial charge in [-0.3, -0.25) is 0 Å². The third-order valence-electron chi connectivity index (χ3n) is 1.94. The van der Waals surface area contributed by atoms with Crippen LogP contribution in [0.1, 0.15) is 19.8 Å². The van der Waals surface area contributed by atoms with Crippen LogP contribution in [0.25, 0.3) is 0 Å². The van der Waals surface area contributed by atoms with E-state index in [1.807, 2.05) is 0 Å². The highest BCUT2D eigenvalue weighted by Crippen LogP contribution is 2.40. The van der Waals surface area contributed by atoms with Crippen molar-refractivity contribution in [3.05, 3.63) is 12.2 Å². The molecule has 0 bridgehead atoms. The number of allylic oxidation sites excluding steroid dienone is 1. The van der Waals surface area contributed by atoms with Gasteiger partial charge in [0.2, 0.25) is 0 Å². The largest absolute Gasteiger partial charge is 0.327 e. The van der Waals surface area contributed by atoms with Crippen molar-refractivity contribution in [3.8, 4) is 0 Å². The van der Waals surface area contributed by atoms with Crippen molar-refractivity contribution in [2.75, 3.05) is 0 Å². The maximum atomic E-state index is 13.1. The molecule has 1 rings (SSSR count). The van der Waals surface area contributed by atoms with Crippen molar-refractivity contribution in [3.63, 3.8) is 0 Å². The number of hydrogen-bond acceptors (Lipinski definition) is 1. The molecule has 0 atom stereocenters. The van der Waals surface area contributed by atoms with Crippen molar-refractivity contribution in [2.45, 2.75) is 31.5 Å². The molecule has 2 N–H and O–H groups in total. The lowest BCUT2D eigenvalue weighted by atomic mass is 9.74. The second kappa shape index (κ2) is 1.81. The average Bonchev–Trinajstić information content (AvgIpc) is 1.62. The first-order chi connectivity index (χ1) is 4.04. The Hall–Kier alpha value is -0.370. The van der Waals surface area contributed by atoms with E-state index in [0.717, 1.165) is 0 Å². The summed E-state index contributed by atoms with van der Waals surface area (Å²) in [4.78, 5) is 0. The van der Waals surface area contributed by atoms with E-state index in [1.54, 1.807) is 6.92 Å². The van der Waals surface area contributed by atoms with Gasteiger partial charge in [0.1, 0.15) is 5.67 Å². The van der Waals surface area contributed by atoms with E-state index in [-0.39, 0.29) is 6.04 Å². The Morgan fingerprint density at radius 1 is 1.78 bits per heavy atom. The lowest BCUT2D eigenvalue weighted by Crippen LogP contribution is -2.48. The van der Waals surface area contributed by atoms with E-state index < -0.39 is 5.67 Å². The van der Waals surface area contributed by atoms with E-state index in [2.05, 4.69) is 6.58 Å². The Balaban J connectivity index is 2.50. The zero-order chi connectivity index (χ0) is 7.07. The first kappa shape index (κ1) is 6.75. The van der Waals surface area contributed by atoms with Crippen molar-refractivity contribution in [1.29, 1.82) is 0 Å². The lowest BCUT2D eigenvalue weighted by Gasteiger charge is -2.39. The van der Waals surface area contributed by atoms with Gasteiger partial charge in [-0.05, 0) is 12.5 Å². The van der Waals surface area contributed by atoms with Crippen molar-refractivity contribution in [1.82, 2.24) is 0 Å². The summed E-state index contributed by atoms with van der Waals surface area (Å²) in [5.41, 5.74) is 4.90. The summed E-state index contributed by atoms with van der Waals surface area (Å²) in [7, 11) is 0. The summed E-state index contributed by atoms with van der Waals surface area (Å²) in [6.45, 7) is 5.27. The van der Waals surface area contributed by atoms with Crippen LogP contribution in [0.2, 0.25) is 0 Å². The van der Waals surface area contributed by atoms with Crippen LogP contribution >= 0.6 is 0 Å². The summed E-state index contributed by atoms with van der Waals surface area (Å²) in [5, 5.41) is 0. The van der Waals surface area contributed by atoms with Gasteiger partial charge >= 0.3 is 0 Å². The Morgan fingerprint density at radius 3 is 2.33 bits per heavy atom. The number of rotatable bonds is 1. The van der Waals surface area contributed by atoms with Gasteiger partial charge in [0, 0.05) is 18.9 Å². The summed E-state index contributed by atoms with van der Waals surface area (Å²) in [5.74, 6) is 0. The second-order valence-electron chi connectivity index (χ2n) is 2.91. The van der Waals surface area contributed by atoms with E-state index in [0.29, 0.717) is 18.4 Å². The molecule has 0 heterocycles. The van der Waals surface area contributed by atoms with E-state index in [9.17, 15) is 4.39 Å². The van der Waals surface area contributed by atoms with Crippen LogP contribution in [0.3, 0.4) is 0 Å². The van der Waals surface area contributed by atoms with Gasteiger partial charge in [0.25, 0.3) is 0 Å². The number of nitrogens with two attached hydrogens (primary N) is 1. The summed E-state index contributed by atoms with van der Waals surface area (Å²) >= 11 is 0. The molecule has 1 nitrogen and oxygen atoms in total. The van der Waals surface area contributed by atoms with Crippen LogP contribution in [0.4, 0.5) is 4.39 Å². The molecular weight excluding hydrogens is 117 g/mol. The second-order valence-corrected chi connectivity index (χ2v) is 2.91. The fourth-order valence-corrected chi connectivity index (χ4v) is 1.12. The molecule has 0 radical (unpaired) electrons. The molecule has 0 spiro atoms. The van der Waals surface area contributed by atoms with Crippen molar-refractivity contribution in [2.24, 2.45) is 5.73 Å². The van der Waals surface area contributed by atoms with Crippen LogP contribution in [0.15, 0.2) is 12.2 Å². The maximum Gasteiger partial charge on any atom is 0.134 e. The molecule has 52 valence electrons. The molecule has 0 aromatic rings. The van der Waals surface area contributed by atoms with Crippen LogP contribution in [0.5, 0.6) is 0 Å². The Labute approximate surface area is 54.7 Å². The third-order valence-corrected chi connectivity index (χ3v) is 1.94. The molecule has 0 amide bonds. The van der Waals surface area contributed by atoms with E-state index >= 15 is 0 Å². The van der Waals surface area contributed by atoms with E-state index in [1.165, 1.54) is 0 Å². The predicted octanol–water partition coefficient (Wildman–Crippen LogP) is 1.39. The molecular formula is C7H12FN. The number of halogens is 1. The molecule has 1 saturated carbocycles. The molecule has 1 aliphatic carbocycles. The Bertz CT molecular complexity index is 136. The first-order valence-corrected chi connectivity index (χ1v) is 3.15. The third kappa shape index (κ3) is 0.990. The molecule has 9 heavy (non-hydrogen) atoms. The zero-order valence-electron chi connectivity index (χ0n) is 5.65. The minimum absolute atomic E-state index is 0.0618. The summed E-state index contributed by atoms with van der Waals surface area (Å²) in [6.07, 6.45) is 0.921. The lowest BCUT2D eigenvalue weighted by molar-refractivity contribution is 0.0835. The van der Waals surface area contributed by atoms with Gasteiger partial charge in [-0.15, -0.1) is 0 Å². The molecule has 0 saturated heterocycles. The smallest absolute Gasteiger partial charge is 0.134 e. The van der Waals surface area contributed by atoms with Gasteiger partial charge < -0.3 is 5.73 Å². The summed E-state index contributed by atoms with van der Waals surface area (Å²) < 4.78 is 13.1. The molecule has 0 aromatic heterocycles. The zero-order valence-corrected chi connectivity index (χ0v) is 5.65. The fourth-order valence-electron chi connectivity index (χ4n) is 1.12.